The van der Waals surface area contributed by atoms with Crippen LogP contribution in [-0.4, -0.2) is 30.4 Å². The van der Waals surface area contributed by atoms with E-state index in [1.54, 1.807) is 0 Å². The van der Waals surface area contributed by atoms with Gasteiger partial charge in [-0.05, 0) is 43.6 Å². The SMILES string of the molecule is CCC(CC)(CN)C(=O)N1CCCC(c2ccccc2)CC1. The first-order valence-corrected chi connectivity index (χ1v) is 8.71. The lowest BCUT2D eigenvalue weighted by Gasteiger charge is -2.34. The summed E-state index contributed by atoms with van der Waals surface area (Å²) in [6.07, 6.45) is 4.97. The number of carbonyl (C=O) groups excluding carboxylic acids is 1. The topological polar surface area (TPSA) is 46.3 Å². The largest absolute Gasteiger partial charge is 0.342 e. The molecule has 0 aliphatic carbocycles. The zero-order valence-electron chi connectivity index (χ0n) is 14.1. The van der Waals surface area contributed by atoms with Crippen molar-refractivity contribution in [2.45, 2.75) is 51.9 Å². The molecule has 1 aliphatic heterocycles. The third kappa shape index (κ3) is 3.52. The summed E-state index contributed by atoms with van der Waals surface area (Å²) in [6, 6.07) is 10.7. The number of hydrogen-bond acceptors (Lipinski definition) is 2. The Morgan fingerprint density at radius 1 is 1.18 bits per heavy atom. The molecule has 1 aromatic carbocycles. The Bertz CT molecular complexity index is 459. The number of benzene rings is 1. The maximum atomic E-state index is 13.0. The van der Waals surface area contributed by atoms with Gasteiger partial charge in [-0.1, -0.05) is 44.2 Å². The van der Waals surface area contributed by atoms with Crippen LogP contribution >= 0.6 is 0 Å². The van der Waals surface area contributed by atoms with Crippen LogP contribution in [0.4, 0.5) is 0 Å². The Balaban J connectivity index is 2.05. The average Bonchev–Trinajstić information content (AvgIpc) is 2.83. The number of carbonyl (C=O) groups is 1. The zero-order valence-corrected chi connectivity index (χ0v) is 14.1. The molecule has 1 aromatic rings. The molecule has 1 fully saturated rings. The molecule has 122 valence electrons. The molecule has 3 heteroatoms. The molecule has 1 aliphatic rings. The van der Waals surface area contributed by atoms with Crippen LogP contribution in [0.5, 0.6) is 0 Å². The van der Waals surface area contributed by atoms with Crippen LogP contribution < -0.4 is 5.73 Å². The molecular formula is C19H30N2O. The molecule has 1 atom stereocenters. The van der Waals surface area contributed by atoms with Crippen molar-refractivity contribution in [2.24, 2.45) is 11.1 Å². The van der Waals surface area contributed by atoms with Crippen LogP contribution in [-0.2, 0) is 4.79 Å². The van der Waals surface area contributed by atoms with Crippen LogP contribution in [0.1, 0.15) is 57.4 Å². The van der Waals surface area contributed by atoms with Gasteiger partial charge >= 0.3 is 0 Å². The van der Waals surface area contributed by atoms with Gasteiger partial charge in [-0.25, -0.2) is 0 Å². The molecule has 0 spiro atoms. The molecule has 0 saturated carbocycles. The molecule has 3 nitrogen and oxygen atoms in total. The molecule has 1 heterocycles. The summed E-state index contributed by atoms with van der Waals surface area (Å²) in [7, 11) is 0. The number of rotatable bonds is 5. The normalized spacial score (nSPS) is 19.8. The maximum absolute atomic E-state index is 13.0. The van der Waals surface area contributed by atoms with Crippen molar-refractivity contribution in [1.82, 2.24) is 4.90 Å². The van der Waals surface area contributed by atoms with Crippen molar-refractivity contribution in [3.05, 3.63) is 35.9 Å². The first kappa shape index (κ1) is 17.0. The fourth-order valence-corrected chi connectivity index (χ4v) is 3.62. The molecule has 22 heavy (non-hydrogen) atoms. The molecule has 0 bridgehead atoms. The Morgan fingerprint density at radius 3 is 2.45 bits per heavy atom. The van der Waals surface area contributed by atoms with E-state index in [2.05, 4.69) is 49.1 Å². The van der Waals surface area contributed by atoms with Gasteiger partial charge in [0.2, 0.25) is 5.91 Å². The van der Waals surface area contributed by atoms with Crippen molar-refractivity contribution >= 4 is 5.91 Å². The Morgan fingerprint density at radius 2 is 1.86 bits per heavy atom. The van der Waals surface area contributed by atoms with Crippen LogP contribution in [0.25, 0.3) is 0 Å². The van der Waals surface area contributed by atoms with Crippen LogP contribution in [0, 0.1) is 5.41 Å². The van der Waals surface area contributed by atoms with Gasteiger partial charge in [0.1, 0.15) is 0 Å². The highest BCUT2D eigenvalue weighted by molar-refractivity contribution is 5.83. The summed E-state index contributed by atoms with van der Waals surface area (Å²) in [5.41, 5.74) is 7.00. The summed E-state index contributed by atoms with van der Waals surface area (Å²) >= 11 is 0. The van der Waals surface area contributed by atoms with Gasteiger partial charge in [0.15, 0.2) is 0 Å². The third-order valence-corrected chi connectivity index (χ3v) is 5.48. The number of nitrogens with two attached hydrogens (primary N) is 1. The maximum Gasteiger partial charge on any atom is 0.230 e. The lowest BCUT2D eigenvalue weighted by atomic mass is 9.81. The highest BCUT2D eigenvalue weighted by Gasteiger charge is 2.37. The fourth-order valence-electron chi connectivity index (χ4n) is 3.62. The third-order valence-electron chi connectivity index (χ3n) is 5.48. The molecule has 1 amide bonds. The van der Waals surface area contributed by atoms with E-state index in [4.69, 9.17) is 5.73 Å². The number of hydrogen-bond donors (Lipinski definition) is 1. The summed E-state index contributed by atoms with van der Waals surface area (Å²) in [5, 5.41) is 0. The number of nitrogens with zero attached hydrogens (tertiary/aromatic N) is 1. The minimum atomic E-state index is -0.355. The van der Waals surface area contributed by atoms with Crippen molar-refractivity contribution in [2.75, 3.05) is 19.6 Å². The van der Waals surface area contributed by atoms with E-state index in [1.165, 1.54) is 12.0 Å². The van der Waals surface area contributed by atoms with Crippen LogP contribution in [0.3, 0.4) is 0 Å². The molecule has 2 N–H and O–H groups in total. The van der Waals surface area contributed by atoms with E-state index in [9.17, 15) is 4.79 Å². The Labute approximate surface area is 134 Å². The van der Waals surface area contributed by atoms with E-state index in [0.29, 0.717) is 12.5 Å². The molecular weight excluding hydrogens is 272 g/mol. The van der Waals surface area contributed by atoms with Crippen molar-refractivity contribution < 1.29 is 4.79 Å². The number of likely N-dealkylation sites (tertiary alicyclic amines) is 1. The molecule has 0 radical (unpaired) electrons. The monoisotopic (exact) mass is 302 g/mol. The molecule has 0 aromatic heterocycles. The van der Waals surface area contributed by atoms with Crippen LogP contribution in [0.15, 0.2) is 30.3 Å². The van der Waals surface area contributed by atoms with Crippen molar-refractivity contribution in [3.8, 4) is 0 Å². The van der Waals surface area contributed by atoms with Crippen molar-refractivity contribution in [1.29, 1.82) is 0 Å². The van der Waals surface area contributed by atoms with E-state index >= 15 is 0 Å². The summed E-state index contributed by atoms with van der Waals surface area (Å²) < 4.78 is 0. The summed E-state index contributed by atoms with van der Waals surface area (Å²) in [5.74, 6) is 0.850. The van der Waals surface area contributed by atoms with E-state index in [1.807, 2.05) is 0 Å². The van der Waals surface area contributed by atoms with Crippen molar-refractivity contribution in [3.63, 3.8) is 0 Å². The second-order valence-electron chi connectivity index (χ2n) is 6.52. The second-order valence-corrected chi connectivity index (χ2v) is 6.52. The van der Waals surface area contributed by atoms with E-state index in [-0.39, 0.29) is 11.3 Å². The summed E-state index contributed by atoms with van der Waals surface area (Å²) in [4.78, 5) is 15.0. The van der Waals surface area contributed by atoms with E-state index < -0.39 is 0 Å². The molecule has 1 unspecified atom stereocenters. The van der Waals surface area contributed by atoms with Gasteiger partial charge in [-0.2, -0.15) is 0 Å². The first-order valence-electron chi connectivity index (χ1n) is 8.71. The quantitative estimate of drug-likeness (QED) is 0.904. The Hall–Kier alpha value is -1.35. The predicted molar refractivity (Wildman–Crippen MR) is 91.7 cm³/mol. The second kappa shape index (κ2) is 7.77. The minimum Gasteiger partial charge on any atom is -0.342 e. The fraction of sp³-hybridized carbons (Fsp3) is 0.632. The highest BCUT2D eigenvalue weighted by atomic mass is 16.2. The van der Waals surface area contributed by atoms with Gasteiger partial charge in [0.25, 0.3) is 0 Å². The molecule has 1 saturated heterocycles. The number of amides is 1. The van der Waals surface area contributed by atoms with Gasteiger partial charge < -0.3 is 10.6 Å². The van der Waals surface area contributed by atoms with Gasteiger partial charge in [0.05, 0.1) is 5.41 Å². The minimum absolute atomic E-state index is 0.272. The average molecular weight is 302 g/mol. The van der Waals surface area contributed by atoms with Gasteiger partial charge in [-0.15, -0.1) is 0 Å². The highest BCUT2D eigenvalue weighted by Crippen LogP contribution is 2.32. The lowest BCUT2D eigenvalue weighted by molar-refractivity contribution is -0.142. The standard InChI is InChI=1S/C19H30N2O/c1-3-19(4-2,15-20)18(22)21-13-8-11-17(12-14-21)16-9-6-5-7-10-16/h5-7,9-10,17H,3-4,8,11-15,20H2,1-2H3. The summed E-state index contributed by atoms with van der Waals surface area (Å²) in [6.45, 7) is 6.36. The van der Waals surface area contributed by atoms with Crippen LogP contribution in [0.2, 0.25) is 0 Å². The zero-order chi connectivity index (χ0) is 16.0. The molecule has 2 rings (SSSR count). The van der Waals surface area contributed by atoms with Gasteiger partial charge in [-0.3, -0.25) is 4.79 Å². The smallest absolute Gasteiger partial charge is 0.230 e. The first-order chi connectivity index (χ1) is 10.7. The Kier molecular flexibility index (Phi) is 6.01. The predicted octanol–water partition coefficient (Wildman–Crippen LogP) is 3.55. The van der Waals surface area contributed by atoms with Gasteiger partial charge in [0, 0.05) is 19.6 Å². The lowest BCUT2D eigenvalue weighted by Crippen LogP contribution is -2.48. The van der Waals surface area contributed by atoms with E-state index in [0.717, 1.165) is 38.8 Å².